The van der Waals surface area contributed by atoms with Crippen LogP contribution in [0.2, 0.25) is 5.02 Å². The zero-order valence-electron chi connectivity index (χ0n) is 17.8. The van der Waals surface area contributed by atoms with Gasteiger partial charge in [-0.15, -0.1) is 11.3 Å². The summed E-state index contributed by atoms with van der Waals surface area (Å²) in [6.07, 6.45) is 2.25. The summed E-state index contributed by atoms with van der Waals surface area (Å²) in [6.45, 7) is 5.59. The van der Waals surface area contributed by atoms with E-state index in [0.29, 0.717) is 20.9 Å². The van der Waals surface area contributed by atoms with Gasteiger partial charge in [0.15, 0.2) is 0 Å². The van der Waals surface area contributed by atoms with Crippen LogP contribution in [-0.2, 0) is 11.2 Å². The van der Waals surface area contributed by atoms with E-state index in [9.17, 15) is 9.59 Å². The number of nitrogens with one attached hydrogen (secondary N) is 1. The SMILES string of the molecule is CCc1sc2ncn(C(C)C(=O)Nc3cccc(Cl)c3C)c(=O)c2c1-c1ccc(Br)cc1. The summed E-state index contributed by atoms with van der Waals surface area (Å²) >= 11 is 11.2. The number of anilines is 1. The van der Waals surface area contributed by atoms with Gasteiger partial charge in [-0.2, -0.15) is 0 Å². The first kappa shape index (κ1) is 22.7. The molecule has 2 aromatic heterocycles. The zero-order chi connectivity index (χ0) is 23.0. The molecule has 0 bridgehead atoms. The summed E-state index contributed by atoms with van der Waals surface area (Å²) in [5, 5.41) is 4.00. The molecule has 32 heavy (non-hydrogen) atoms. The fourth-order valence-corrected chi connectivity index (χ4v) is 5.13. The highest BCUT2D eigenvalue weighted by Crippen LogP contribution is 2.37. The molecule has 0 aliphatic carbocycles. The Bertz CT molecular complexity index is 1380. The van der Waals surface area contributed by atoms with E-state index in [1.807, 2.05) is 31.2 Å². The summed E-state index contributed by atoms with van der Waals surface area (Å²) in [6, 6.07) is 12.5. The second-order valence-corrected chi connectivity index (χ2v) is 9.88. The Hall–Kier alpha value is -2.48. The third-order valence-corrected chi connectivity index (χ3v) is 7.67. The highest BCUT2D eigenvalue weighted by molar-refractivity contribution is 9.10. The predicted octanol–water partition coefficient (Wildman–Crippen LogP) is 6.61. The fraction of sp³-hybridized carbons (Fsp3) is 0.208. The van der Waals surface area contributed by atoms with Crippen LogP contribution in [0.25, 0.3) is 21.3 Å². The van der Waals surface area contributed by atoms with E-state index in [0.717, 1.165) is 32.5 Å². The predicted molar refractivity (Wildman–Crippen MR) is 136 cm³/mol. The van der Waals surface area contributed by atoms with Crippen molar-refractivity contribution in [2.24, 2.45) is 0 Å². The third kappa shape index (κ3) is 4.12. The van der Waals surface area contributed by atoms with Crippen molar-refractivity contribution in [2.45, 2.75) is 33.2 Å². The minimum atomic E-state index is -0.750. The van der Waals surface area contributed by atoms with Gasteiger partial charge in [-0.3, -0.25) is 14.2 Å². The molecule has 0 radical (unpaired) electrons. The van der Waals surface area contributed by atoms with Crippen molar-refractivity contribution in [3.8, 4) is 11.1 Å². The minimum absolute atomic E-state index is 0.227. The van der Waals surface area contributed by atoms with Crippen molar-refractivity contribution in [1.29, 1.82) is 0 Å². The van der Waals surface area contributed by atoms with Crippen molar-refractivity contribution >= 4 is 60.7 Å². The number of fused-ring (bicyclic) bond motifs is 1. The number of aromatic nitrogens is 2. The molecule has 2 aromatic carbocycles. The van der Waals surface area contributed by atoms with Crippen LogP contribution in [0.1, 0.15) is 30.3 Å². The average molecular weight is 531 g/mol. The van der Waals surface area contributed by atoms with E-state index in [2.05, 4.69) is 33.2 Å². The number of thiophene rings is 1. The number of rotatable bonds is 5. The van der Waals surface area contributed by atoms with Gasteiger partial charge < -0.3 is 5.32 Å². The quantitative estimate of drug-likeness (QED) is 0.316. The number of aryl methyl sites for hydroxylation is 1. The van der Waals surface area contributed by atoms with Crippen molar-refractivity contribution in [2.75, 3.05) is 5.32 Å². The minimum Gasteiger partial charge on any atom is -0.324 e. The second kappa shape index (κ2) is 9.17. The van der Waals surface area contributed by atoms with Gasteiger partial charge in [0.2, 0.25) is 5.91 Å². The van der Waals surface area contributed by atoms with E-state index in [4.69, 9.17) is 11.6 Å². The molecule has 8 heteroatoms. The molecule has 5 nitrogen and oxygen atoms in total. The highest BCUT2D eigenvalue weighted by atomic mass is 79.9. The second-order valence-electron chi connectivity index (χ2n) is 7.48. The normalized spacial score (nSPS) is 12.2. The van der Waals surface area contributed by atoms with Crippen molar-refractivity contribution in [3.05, 3.63) is 79.1 Å². The summed E-state index contributed by atoms with van der Waals surface area (Å²) in [5.74, 6) is -0.310. The van der Waals surface area contributed by atoms with Crippen LogP contribution in [0.4, 0.5) is 5.69 Å². The van der Waals surface area contributed by atoms with Gasteiger partial charge in [0.05, 0.1) is 11.7 Å². The smallest absolute Gasteiger partial charge is 0.263 e. The number of amides is 1. The number of hydrogen-bond donors (Lipinski definition) is 1. The number of hydrogen-bond acceptors (Lipinski definition) is 4. The molecule has 164 valence electrons. The maximum Gasteiger partial charge on any atom is 0.263 e. The summed E-state index contributed by atoms with van der Waals surface area (Å²) in [4.78, 5) is 32.8. The van der Waals surface area contributed by atoms with Crippen LogP contribution in [0.15, 0.2) is 58.1 Å². The van der Waals surface area contributed by atoms with Crippen LogP contribution in [0.3, 0.4) is 0 Å². The van der Waals surface area contributed by atoms with E-state index in [1.54, 1.807) is 25.1 Å². The Labute approximate surface area is 203 Å². The molecule has 4 rings (SSSR count). The highest BCUT2D eigenvalue weighted by Gasteiger charge is 2.23. The van der Waals surface area contributed by atoms with E-state index < -0.39 is 6.04 Å². The molecule has 0 saturated heterocycles. The average Bonchev–Trinajstić information content (AvgIpc) is 3.17. The van der Waals surface area contributed by atoms with Gasteiger partial charge in [0.1, 0.15) is 10.9 Å². The first-order valence-corrected chi connectivity index (χ1v) is 12.1. The van der Waals surface area contributed by atoms with Gasteiger partial charge in [-0.25, -0.2) is 4.98 Å². The Balaban J connectivity index is 1.78. The molecule has 2 heterocycles. The molecule has 0 aliphatic rings. The maximum absolute atomic E-state index is 13.6. The lowest BCUT2D eigenvalue weighted by Crippen LogP contribution is -2.32. The van der Waals surface area contributed by atoms with Gasteiger partial charge in [0.25, 0.3) is 5.56 Å². The molecule has 1 amide bonds. The fourth-order valence-electron chi connectivity index (χ4n) is 3.60. The first-order valence-electron chi connectivity index (χ1n) is 10.2. The van der Waals surface area contributed by atoms with Gasteiger partial charge in [-0.1, -0.05) is 52.7 Å². The molecule has 0 saturated carbocycles. The number of carbonyl (C=O) groups excluding carboxylic acids is 1. The molecule has 0 spiro atoms. The lowest BCUT2D eigenvalue weighted by atomic mass is 10.0. The maximum atomic E-state index is 13.6. The Morgan fingerprint density at radius 2 is 1.97 bits per heavy atom. The summed E-state index contributed by atoms with van der Waals surface area (Å²) < 4.78 is 2.36. The van der Waals surface area contributed by atoms with E-state index in [1.165, 1.54) is 22.2 Å². The summed E-state index contributed by atoms with van der Waals surface area (Å²) in [5.41, 5.74) is 3.02. The van der Waals surface area contributed by atoms with Crippen LogP contribution in [0, 0.1) is 6.92 Å². The number of halogens is 2. The molecule has 4 aromatic rings. The van der Waals surface area contributed by atoms with Crippen LogP contribution in [0.5, 0.6) is 0 Å². The third-order valence-electron chi connectivity index (χ3n) is 5.49. The molecule has 1 unspecified atom stereocenters. The largest absolute Gasteiger partial charge is 0.324 e. The monoisotopic (exact) mass is 529 g/mol. The molecule has 1 atom stereocenters. The van der Waals surface area contributed by atoms with E-state index in [-0.39, 0.29) is 11.5 Å². The zero-order valence-corrected chi connectivity index (χ0v) is 20.9. The van der Waals surface area contributed by atoms with Crippen molar-refractivity contribution < 1.29 is 4.79 Å². The topological polar surface area (TPSA) is 64.0 Å². The van der Waals surface area contributed by atoms with Gasteiger partial charge in [0, 0.05) is 25.6 Å². The van der Waals surface area contributed by atoms with Crippen molar-refractivity contribution in [3.63, 3.8) is 0 Å². The number of carbonyl (C=O) groups is 1. The molecule has 0 aliphatic heterocycles. The van der Waals surface area contributed by atoms with Gasteiger partial charge in [-0.05, 0) is 55.7 Å². The van der Waals surface area contributed by atoms with Crippen LogP contribution < -0.4 is 10.9 Å². The van der Waals surface area contributed by atoms with E-state index >= 15 is 0 Å². The Morgan fingerprint density at radius 1 is 1.25 bits per heavy atom. The van der Waals surface area contributed by atoms with Crippen molar-refractivity contribution in [1.82, 2.24) is 9.55 Å². The van der Waals surface area contributed by atoms with Gasteiger partial charge >= 0.3 is 0 Å². The Kier molecular flexibility index (Phi) is 6.51. The van der Waals surface area contributed by atoms with Crippen LogP contribution in [-0.4, -0.2) is 15.5 Å². The molecular formula is C24H21BrClN3O2S. The number of benzene rings is 2. The lowest BCUT2D eigenvalue weighted by molar-refractivity contribution is -0.118. The summed E-state index contributed by atoms with van der Waals surface area (Å²) in [7, 11) is 0. The molecular weight excluding hydrogens is 510 g/mol. The van der Waals surface area contributed by atoms with Crippen LogP contribution >= 0.6 is 38.9 Å². The molecule has 1 N–H and O–H groups in total. The standard InChI is InChI=1S/C24H21BrClN3O2S/c1-4-19-20(15-8-10-16(25)11-9-15)21-23(32-19)27-12-29(24(21)31)14(3)22(30)28-18-7-5-6-17(26)13(18)2/h5-12,14H,4H2,1-3H3,(H,28,30). The first-order chi connectivity index (χ1) is 15.3. The Morgan fingerprint density at radius 3 is 2.66 bits per heavy atom. The lowest BCUT2D eigenvalue weighted by Gasteiger charge is -2.16. The molecule has 0 fully saturated rings. The number of nitrogens with zero attached hydrogens (tertiary/aromatic N) is 2.